The Kier molecular flexibility index (Phi) is 5.39. The van der Waals surface area contributed by atoms with Gasteiger partial charge in [-0.2, -0.15) is 0 Å². The molecule has 0 atom stereocenters. The number of nitrogens with zero attached hydrogens (tertiary/aromatic N) is 1. The molecule has 0 heterocycles. The monoisotopic (exact) mass is 375 g/mol. The summed E-state index contributed by atoms with van der Waals surface area (Å²) in [6, 6.07) is 24.1. The minimum atomic E-state index is 1.04. The van der Waals surface area contributed by atoms with E-state index in [2.05, 4.69) is 102 Å². The van der Waals surface area contributed by atoms with E-state index in [-0.39, 0.29) is 0 Å². The van der Waals surface area contributed by atoms with Crippen molar-refractivity contribution in [1.29, 1.82) is 0 Å². The number of fused-ring (bicyclic) bond motifs is 6. The Morgan fingerprint density at radius 2 is 1.28 bits per heavy atom. The molecule has 0 N–H and O–H groups in total. The van der Waals surface area contributed by atoms with E-state index in [1.165, 1.54) is 37.9 Å². The van der Waals surface area contributed by atoms with Crippen LogP contribution in [0.5, 0.6) is 0 Å². The number of hydrogen-bond acceptors (Lipinski definition) is 1. The van der Waals surface area contributed by atoms with E-state index >= 15 is 0 Å². The Balaban J connectivity index is 1.79. The molecule has 0 radical (unpaired) electrons. The summed E-state index contributed by atoms with van der Waals surface area (Å²) < 4.78 is 0. The topological polar surface area (TPSA) is 12.4 Å². The molecule has 0 aromatic heterocycles. The highest BCUT2D eigenvalue weighted by atomic mass is 14.7. The molecular formula is C28H25N. The van der Waals surface area contributed by atoms with Gasteiger partial charge in [-0.3, -0.25) is 4.99 Å². The molecule has 4 aromatic rings. The molecule has 1 heteroatoms. The van der Waals surface area contributed by atoms with Crippen LogP contribution in [0.25, 0.3) is 38.4 Å². The Bertz CT molecular complexity index is 1280. The molecular weight excluding hydrogens is 350 g/mol. The second-order valence-electron chi connectivity index (χ2n) is 7.17. The fourth-order valence-corrected chi connectivity index (χ4v) is 3.91. The quantitative estimate of drug-likeness (QED) is 0.196. The molecule has 0 fully saturated rings. The fourth-order valence-electron chi connectivity index (χ4n) is 3.91. The van der Waals surface area contributed by atoms with Crippen molar-refractivity contribution in [2.45, 2.75) is 13.8 Å². The van der Waals surface area contributed by atoms with Crippen LogP contribution in [0, 0.1) is 0 Å². The summed E-state index contributed by atoms with van der Waals surface area (Å²) in [7, 11) is 1.83. The second kappa shape index (κ2) is 8.28. The lowest BCUT2D eigenvalue weighted by atomic mass is 9.93. The van der Waals surface area contributed by atoms with Crippen LogP contribution in [0.3, 0.4) is 0 Å². The summed E-state index contributed by atoms with van der Waals surface area (Å²) >= 11 is 0. The molecule has 0 saturated heterocycles. The molecule has 0 aliphatic heterocycles. The average molecular weight is 376 g/mol. The van der Waals surface area contributed by atoms with Gasteiger partial charge in [0.1, 0.15) is 0 Å². The largest absolute Gasteiger partial charge is 0.293 e. The van der Waals surface area contributed by atoms with Crippen molar-refractivity contribution in [1.82, 2.24) is 0 Å². The molecule has 0 saturated carbocycles. The lowest BCUT2D eigenvalue weighted by Crippen LogP contribution is -1.92. The van der Waals surface area contributed by atoms with E-state index in [0.717, 1.165) is 11.3 Å². The van der Waals surface area contributed by atoms with Crippen molar-refractivity contribution in [3.8, 4) is 0 Å². The summed E-state index contributed by atoms with van der Waals surface area (Å²) in [5.41, 5.74) is 3.39. The molecule has 4 aromatic carbocycles. The van der Waals surface area contributed by atoms with Crippen molar-refractivity contribution in [2.24, 2.45) is 4.99 Å². The zero-order chi connectivity index (χ0) is 20.2. The van der Waals surface area contributed by atoms with Crippen LogP contribution in [-0.4, -0.2) is 12.8 Å². The number of rotatable bonds is 4. The standard InChI is InChI=1S/C28H25N/c1-4-22(20(2)29-3)12-6-5-11-21-17-18-27-25-15-8-7-13-23(25)24-14-9-10-16-26(24)28(27)19-21/h4-19H,1-3H3/b11-5+,12-6-,22-4+,29-20?. The lowest BCUT2D eigenvalue weighted by Gasteiger charge is -2.10. The Morgan fingerprint density at radius 3 is 1.83 bits per heavy atom. The van der Waals surface area contributed by atoms with Gasteiger partial charge < -0.3 is 0 Å². The summed E-state index contributed by atoms with van der Waals surface area (Å²) in [5.74, 6) is 0. The van der Waals surface area contributed by atoms with Gasteiger partial charge >= 0.3 is 0 Å². The predicted octanol–water partition coefficient (Wildman–Crippen LogP) is 7.75. The summed E-state index contributed by atoms with van der Waals surface area (Å²) in [4.78, 5) is 4.26. The molecule has 0 aliphatic rings. The first-order valence-electron chi connectivity index (χ1n) is 10.0. The Labute approximate surface area is 172 Å². The van der Waals surface area contributed by atoms with Crippen LogP contribution in [0.15, 0.2) is 102 Å². The van der Waals surface area contributed by atoms with Gasteiger partial charge in [-0.15, -0.1) is 0 Å². The maximum atomic E-state index is 4.26. The van der Waals surface area contributed by atoms with Gasteiger partial charge in [0, 0.05) is 12.8 Å². The predicted molar refractivity (Wildman–Crippen MR) is 130 cm³/mol. The minimum absolute atomic E-state index is 1.04. The van der Waals surface area contributed by atoms with Gasteiger partial charge in [0.15, 0.2) is 0 Å². The van der Waals surface area contributed by atoms with Crippen LogP contribution in [0.2, 0.25) is 0 Å². The second-order valence-corrected chi connectivity index (χ2v) is 7.17. The summed E-state index contributed by atoms with van der Waals surface area (Å²) in [6.07, 6.45) is 10.5. The summed E-state index contributed by atoms with van der Waals surface area (Å²) in [6.45, 7) is 4.07. The van der Waals surface area contributed by atoms with Crippen LogP contribution in [0.1, 0.15) is 19.4 Å². The molecule has 0 unspecified atom stereocenters. The normalized spacial score (nSPS) is 13.5. The molecule has 142 valence electrons. The first kappa shape index (κ1) is 18.9. The van der Waals surface area contributed by atoms with Gasteiger partial charge in [0.05, 0.1) is 0 Å². The van der Waals surface area contributed by atoms with Gasteiger partial charge in [-0.1, -0.05) is 91.0 Å². The van der Waals surface area contributed by atoms with Crippen molar-refractivity contribution < 1.29 is 0 Å². The van der Waals surface area contributed by atoms with Crippen molar-refractivity contribution in [3.05, 3.63) is 102 Å². The third kappa shape index (κ3) is 3.64. The SMILES string of the molecule is C\C=C(/C=C\C=C\c1ccc2c3ccccc3c3ccccc3c2c1)C(C)=NC. The highest BCUT2D eigenvalue weighted by Crippen LogP contribution is 2.35. The van der Waals surface area contributed by atoms with Gasteiger partial charge in [-0.05, 0) is 63.4 Å². The molecule has 0 bridgehead atoms. The Hall–Kier alpha value is -3.45. The summed E-state index contributed by atoms with van der Waals surface area (Å²) in [5, 5.41) is 7.84. The van der Waals surface area contributed by atoms with Crippen molar-refractivity contribution in [2.75, 3.05) is 7.05 Å². The molecule has 0 spiro atoms. The van der Waals surface area contributed by atoms with Gasteiger partial charge in [-0.25, -0.2) is 0 Å². The molecule has 4 rings (SSSR count). The van der Waals surface area contributed by atoms with Crippen LogP contribution >= 0.6 is 0 Å². The maximum Gasteiger partial charge on any atom is 0.0382 e. The zero-order valence-corrected chi connectivity index (χ0v) is 17.2. The highest BCUT2D eigenvalue weighted by molar-refractivity contribution is 6.25. The maximum absolute atomic E-state index is 4.26. The number of hydrogen-bond donors (Lipinski definition) is 0. The van der Waals surface area contributed by atoms with Gasteiger partial charge in [0.2, 0.25) is 0 Å². The third-order valence-corrected chi connectivity index (χ3v) is 5.51. The third-order valence-electron chi connectivity index (χ3n) is 5.51. The van der Waals surface area contributed by atoms with E-state index < -0.39 is 0 Å². The van der Waals surface area contributed by atoms with E-state index in [4.69, 9.17) is 0 Å². The molecule has 0 amide bonds. The van der Waals surface area contributed by atoms with E-state index in [1.807, 2.05) is 20.9 Å². The van der Waals surface area contributed by atoms with Crippen LogP contribution in [0.4, 0.5) is 0 Å². The van der Waals surface area contributed by atoms with Crippen molar-refractivity contribution in [3.63, 3.8) is 0 Å². The zero-order valence-electron chi connectivity index (χ0n) is 17.2. The van der Waals surface area contributed by atoms with Crippen molar-refractivity contribution >= 4 is 44.1 Å². The Morgan fingerprint density at radius 1 is 0.724 bits per heavy atom. The first-order chi connectivity index (χ1) is 14.2. The van der Waals surface area contributed by atoms with E-state index in [9.17, 15) is 0 Å². The van der Waals surface area contributed by atoms with E-state index in [0.29, 0.717) is 0 Å². The molecule has 1 nitrogen and oxygen atoms in total. The fraction of sp³-hybridized carbons (Fsp3) is 0.107. The minimum Gasteiger partial charge on any atom is -0.293 e. The number of allylic oxidation sites excluding steroid dienone is 5. The number of benzene rings is 4. The smallest absolute Gasteiger partial charge is 0.0382 e. The first-order valence-corrected chi connectivity index (χ1v) is 10.0. The molecule has 29 heavy (non-hydrogen) atoms. The highest BCUT2D eigenvalue weighted by Gasteiger charge is 2.07. The lowest BCUT2D eigenvalue weighted by molar-refractivity contribution is 1.41. The van der Waals surface area contributed by atoms with Crippen LogP contribution < -0.4 is 0 Å². The van der Waals surface area contributed by atoms with Gasteiger partial charge in [0.25, 0.3) is 0 Å². The van der Waals surface area contributed by atoms with E-state index in [1.54, 1.807) is 0 Å². The molecule has 0 aliphatic carbocycles. The number of aliphatic imine (C=N–C) groups is 1. The average Bonchev–Trinajstić information content (AvgIpc) is 2.78. The van der Waals surface area contributed by atoms with Crippen LogP contribution in [-0.2, 0) is 0 Å².